The molecule has 1 unspecified atom stereocenters. The number of benzene rings is 1. The number of urea groups is 1. The van der Waals surface area contributed by atoms with Crippen molar-refractivity contribution >= 4 is 12.0 Å². The molecule has 1 saturated carbocycles. The number of likely N-dealkylation sites (tertiary alicyclic amines) is 1. The Hall–Kier alpha value is -2.39. The van der Waals surface area contributed by atoms with Crippen molar-refractivity contribution in [1.82, 2.24) is 10.2 Å². The maximum absolute atomic E-state index is 13.8. The number of fused-ring (bicyclic) bond motifs is 1. The normalized spacial score (nSPS) is 26.0. The average molecular weight is 392 g/mol. The van der Waals surface area contributed by atoms with Crippen LogP contribution in [0.3, 0.4) is 0 Å². The summed E-state index contributed by atoms with van der Waals surface area (Å²) in [6.07, 6.45) is -3.48. The summed E-state index contributed by atoms with van der Waals surface area (Å²) in [6, 6.07) is -1.57. The number of nitrogens with one attached hydrogen (secondary N) is 1. The van der Waals surface area contributed by atoms with E-state index in [1.54, 1.807) is 5.32 Å². The van der Waals surface area contributed by atoms with E-state index >= 15 is 0 Å². The number of nitrogens with zero attached hydrogens (tertiary/aromatic N) is 1. The fraction of sp³-hybridized carbons (Fsp3) is 0.529. The maximum Gasteiger partial charge on any atom is 0.413 e. The predicted molar refractivity (Wildman–Crippen MR) is 82.7 cm³/mol. The molecule has 0 aromatic heterocycles. The molecule has 5 nitrogen and oxygen atoms in total. The second-order valence-corrected chi connectivity index (χ2v) is 7.00. The summed E-state index contributed by atoms with van der Waals surface area (Å²) >= 11 is 0. The number of carboxylic acids is 1. The largest absolute Gasteiger partial charge is 0.481 e. The van der Waals surface area contributed by atoms with Gasteiger partial charge in [0, 0.05) is 18.7 Å². The highest BCUT2D eigenvalue weighted by molar-refractivity contribution is 5.80. The Bertz CT molecular complexity index is 769. The SMILES string of the molecule is O=C(NC(c1cccc(F)c1F)C(F)(F)F)N1C[C@@H]2CCC[C@@]2(C(=O)O)C1. The molecule has 1 aromatic carbocycles. The Morgan fingerprint density at radius 2 is 2.00 bits per heavy atom. The minimum absolute atomic E-state index is 0.00828. The molecule has 1 aliphatic heterocycles. The third-order valence-corrected chi connectivity index (χ3v) is 5.47. The first-order valence-corrected chi connectivity index (χ1v) is 8.36. The number of rotatable bonds is 3. The van der Waals surface area contributed by atoms with Gasteiger partial charge in [-0.1, -0.05) is 18.6 Å². The highest BCUT2D eigenvalue weighted by Crippen LogP contribution is 2.49. The van der Waals surface area contributed by atoms with E-state index in [1.807, 2.05) is 0 Å². The summed E-state index contributed by atoms with van der Waals surface area (Å²) < 4.78 is 67.3. The van der Waals surface area contributed by atoms with E-state index in [2.05, 4.69) is 0 Å². The lowest BCUT2D eigenvalue weighted by molar-refractivity contribution is -0.156. The highest BCUT2D eigenvalue weighted by Gasteiger charge is 2.56. The van der Waals surface area contributed by atoms with Gasteiger partial charge in [0.15, 0.2) is 17.7 Å². The van der Waals surface area contributed by atoms with Gasteiger partial charge >= 0.3 is 18.2 Å². The molecule has 0 spiro atoms. The molecule has 2 aliphatic rings. The van der Waals surface area contributed by atoms with E-state index in [-0.39, 0.29) is 19.0 Å². The molecule has 1 aliphatic carbocycles. The van der Waals surface area contributed by atoms with Gasteiger partial charge in [-0.25, -0.2) is 13.6 Å². The Balaban J connectivity index is 1.82. The van der Waals surface area contributed by atoms with E-state index in [1.165, 1.54) is 0 Å². The summed E-state index contributed by atoms with van der Waals surface area (Å²) in [5.74, 6) is -4.57. The van der Waals surface area contributed by atoms with Crippen LogP contribution in [0.25, 0.3) is 0 Å². The fourth-order valence-electron chi connectivity index (χ4n) is 4.09. The van der Waals surface area contributed by atoms with E-state index in [0.29, 0.717) is 25.3 Å². The standard InChI is InChI=1S/C17H17F5N2O3/c18-11-5-1-4-10(12(11)19)13(17(20,21)22)23-15(27)24-7-9-3-2-6-16(9,8-24)14(25)26/h1,4-5,9,13H,2-3,6-8H2,(H,23,27)(H,25,26)/t9-,13?,16+/m0/s1. The van der Waals surface area contributed by atoms with Crippen molar-refractivity contribution in [2.75, 3.05) is 13.1 Å². The van der Waals surface area contributed by atoms with Crippen molar-refractivity contribution in [2.24, 2.45) is 11.3 Å². The van der Waals surface area contributed by atoms with Crippen LogP contribution in [0.5, 0.6) is 0 Å². The van der Waals surface area contributed by atoms with Crippen LogP contribution in [0.2, 0.25) is 0 Å². The van der Waals surface area contributed by atoms with Gasteiger partial charge in [-0.15, -0.1) is 0 Å². The molecule has 10 heteroatoms. The predicted octanol–water partition coefficient (Wildman–Crippen LogP) is 3.46. The molecule has 3 rings (SSSR count). The number of hydrogen-bond donors (Lipinski definition) is 2. The van der Waals surface area contributed by atoms with Crippen molar-refractivity contribution in [1.29, 1.82) is 0 Å². The Morgan fingerprint density at radius 1 is 1.30 bits per heavy atom. The Labute approximate surface area is 151 Å². The van der Waals surface area contributed by atoms with Gasteiger partial charge in [0.1, 0.15) is 0 Å². The summed E-state index contributed by atoms with van der Waals surface area (Å²) in [7, 11) is 0. The van der Waals surface area contributed by atoms with Crippen LogP contribution in [0.1, 0.15) is 30.9 Å². The summed E-state index contributed by atoms with van der Waals surface area (Å²) in [6.45, 7) is -0.205. The van der Waals surface area contributed by atoms with E-state index in [4.69, 9.17) is 0 Å². The average Bonchev–Trinajstić information content (AvgIpc) is 3.12. The van der Waals surface area contributed by atoms with Crippen molar-refractivity contribution in [3.8, 4) is 0 Å². The van der Waals surface area contributed by atoms with Crippen molar-refractivity contribution in [3.63, 3.8) is 0 Å². The third-order valence-electron chi connectivity index (χ3n) is 5.47. The molecule has 27 heavy (non-hydrogen) atoms. The van der Waals surface area contributed by atoms with Gasteiger partial charge in [0.05, 0.1) is 5.41 Å². The fourth-order valence-corrected chi connectivity index (χ4v) is 4.09. The first-order chi connectivity index (χ1) is 12.6. The first-order valence-electron chi connectivity index (χ1n) is 8.36. The molecular formula is C17H17F5N2O3. The summed E-state index contributed by atoms with van der Waals surface area (Å²) in [4.78, 5) is 25.0. The monoisotopic (exact) mass is 392 g/mol. The molecule has 1 saturated heterocycles. The van der Waals surface area contributed by atoms with Crippen LogP contribution in [-0.4, -0.2) is 41.3 Å². The smallest absolute Gasteiger partial charge is 0.413 e. The number of carboxylic acid groups (broad SMARTS) is 1. The quantitative estimate of drug-likeness (QED) is 0.774. The minimum atomic E-state index is -5.07. The van der Waals surface area contributed by atoms with Crippen molar-refractivity contribution in [3.05, 3.63) is 35.4 Å². The van der Waals surface area contributed by atoms with Gasteiger partial charge in [-0.05, 0) is 24.8 Å². The van der Waals surface area contributed by atoms with Crippen molar-refractivity contribution in [2.45, 2.75) is 31.5 Å². The van der Waals surface area contributed by atoms with Gasteiger partial charge in [-0.2, -0.15) is 13.2 Å². The lowest BCUT2D eigenvalue weighted by Crippen LogP contribution is -2.46. The van der Waals surface area contributed by atoms with Crippen LogP contribution in [0.4, 0.5) is 26.7 Å². The molecule has 0 bridgehead atoms. The van der Waals surface area contributed by atoms with E-state index in [9.17, 15) is 36.6 Å². The van der Waals surface area contributed by atoms with E-state index in [0.717, 1.165) is 17.0 Å². The number of halogens is 5. The lowest BCUT2D eigenvalue weighted by Gasteiger charge is -2.27. The molecular weight excluding hydrogens is 375 g/mol. The zero-order chi connectivity index (χ0) is 20.0. The van der Waals surface area contributed by atoms with Crippen LogP contribution >= 0.6 is 0 Å². The molecule has 2 N–H and O–H groups in total. The molecule has 148 valence electrons. The van der Waals surface area contributed by atoms with Crippen LogP contribution in [0.15, 0.2) is 18.2 Å². The summed E-state index contributed by atoms with van der Waals surface area (Å²) in [5, 5.41) is 11.2. The van der Waals surface area contributed by atoms with Crippen molar-refractivity contribution < 1.29 is 36.6 Å². The number of hydrogen-bond acceptors (Lipinski definition) is 2. The molecule has 0 radical (unpaired) electrons. The number of amides is 2. The zero-order valence-electron chi connectivity index (χ0n) is 14.0. The topological polar surface area (TPSA) is 69.6 Å². The minimum Gasteiger partial charge on any atom is -0.481 e. The maximum atomic E-state index is 13.8. The second-order valence-electron chi connectivity index (χ2n) is 7.00. The zero-order valence-corrected chi connectivity index (χ0v) is 14.0. The third kappa shape index (κ3) is 3.32. The first kappa shape index (κ1) is 19.4. The van der Waals surface area contributed by atoms with Gasteiger partial charge in [0.25, 0.3) is 0 Å². The summed E-state index contributed by atoms with van der Waals surface area (Å²) in [5.41, 5.74) is -2.20. The lowest BCUT2D eigenvalue weighted by atomic mass is 9.81. The number of aliphatic carboxylic acids is 1. The number of alkyl halides is 3. The van der Waals surface area contributed by atoms with Crippen LogP contribution < -0.4 is 5.32 Å². The number of carbonyl (C=O) groups is 2. The van der Waals surface area contributed by atoms with Gasteiger partial charge in [-0.3, -0.25) is 4.79 Å². The molecule has 2 fully saturated rings. The van der Waals surface area contributed by atoms with Crippen LogP contribution in [-0.2, 0) is 4.79 Å². The van der Waals surface area contributed by atoms with Gasteiger partial charge in [0.2, 0.25) is 0 Å². The second kappa shape index (κ2) is 6.65. The Morgan fingerprint density at radius 3 is 2.59 bits per heavy atom. The molecule has 2 amide bonds. The molecule has 1 aromatic rings. The highest BCUT2D eigenvalue weighted by atomic mass is 19.4. The van der Waals surface area contributed by atoms with Crippen LogP contribution in [0, 0.1) is 23.0 Å². The number of carbonyl (C=O) groups excluding carboxylic acids is 1. The van der Waals surface area contributed by atoms with Gasteiger partial charge < -0.3 is 15.3 Å². The van der Waals surface area contributed by atoms with E-state index < -0.39 is 46.8 Å². The Kier molecular flexibility index (Phi) is 4.77. The molecule has 3 atom stereocenters. The molecule has 1 heterocycles.